The number of carbonyl (C=O) groups excluding carboxylic acids is 2. The molecule has 11 nitrogen and oxygen atoms in total. The Balaban J connectivity index is 1.58. The molecule has 0 spiro atoms. The summed E-state index contributed by atoms with van der Waals surface area (Å²) in [6, 6.07) is 9.85. The number of ether oxygens (including phenoxy) is 3. The number of hydrogen-bond donors (Lipinski definition) is 2. The summed E-state index contributed by atoms with van der Waals surface area (Å²) in [6.07, 6.45) is 1.89. The predicted molar refractivity (Wildman–Crippen MR) is 141 cm³/mol. The van der Waals surface area contributed by atoms with Crippen molar-refractivity contribution in [2.75, 3.05) is 18.9 Å². The molecule has 1 aromatic heterocycles. The van der Waals surface area contributed by atoms with E-state index in [4.69, 9.17) is 36.1 Å². The number of benzene rings is 1. The van der Waals surface area contributed by atoms with Crippen molar-refractivity contribution in [2.24, 2.45) is 5.73 Å². The van der Waals surface area contributed by atoms with Gasteiger partial charge in [0, 0.05) is 36.4 Å². The van der Waals surface area contributed by atoms with Crippen LogP contribution in [0.5, 0.6) is 5.75 Å². The van der Waals surface area contributed by atoms with Crippen molar-refractivity contribution < 1.29 is 36.8 Å². The predicted octanol–water partition coefficient (Wildman–Crippen LogP) is 2.80. The minimum atomic E-state index is -4.35. The van der Waals surface area contributed by atoms with E-state index in [0.29, 0.717) is 35.5 Å². The average Bonchev–Trinajstić information content (AvgIpc) is 3.38. The number of esters is 1. The van der Waals surface area contributed by atoms with Gasteiger partial charge in [0.15, 0.2) is 6.23 Å². The van der Waals surface area contributed by atoms with Gasteiger partial charge in [-0.05, 0) is 37.5 Å². The molecule has 3 N–H and O–H groups in total. The lowest BCUT2D eigenvalue weighted by molar-refractivity contribution is -0.141. The Hall–Kier alpha value is -3.03. The lowest BCUT2D eigenvalue weighted by Crippen LogP contribution is -2.42. The lowest BCUT2D eigenvalue weighted by Gasteiger charge is -2.35. The molecule has 3 atom stereocenters. The van der Waals surface area contributed by atoms with Crippen molar-refractivity contribution in [3.63, 3.8) is 0 Å². The molecule has 2 aliphatic heterocycles. The van der Waals surface area contributed by atoms with Crippen LogP contribution in [-0.4, -0.2) is 66.0 Å². The van der Waals surface area contributed by atoms with E-state index in [1.165, 1.54) is 6.20 Å². The fourth-order valence-electron chi connectivity index (χ4n) is 4.73. The summed E-state index contributed by atoms with van der Waals surface area (Å²) in [4.78, 5) is 32.5. The Labute approximate surface area is 231 Å². The van der Waals surface area contributed by atoms with Crippen molar-refractivity contribution in [2.45, 2.75) is 51.0 Å². The molecule has 1 aromatic carbocycles. The summed E-state index contributed by atoms with van der Waals surface area (Å²) >= 11 is 5.96. The van der Waals surface area contributed by atoms with Crippen LogP contribution in [0.2, 0.25) is 5.15 Å². The van der Waals surface area contributed by atoms with Crippen molar-refractivity contribution >= 4 is 33.6 Å². The zero-order valence-corrected chi connectivity index (χ0v) is 22.9. The van der Waals surface area contributed by atoms with Crippen LogP contribution < -0.4 is 10.5 Å². The van der Waals surface area contributed by atoms with E-state index in [1.54, 1.807) is 48.2 Å². The normalized spacial score (nSPS) is 20.7. The van der Waals surface area contributed by atoms with E-state index in [0.717, 1.165) is 12.8 Å². The first-order valence-electron chi connectivity index (χ1n) is 12.4. The third kappa shape index (κ3) is 7.55. The summed E-state index contributed by atoms with van der Waals surface area (Å²) in [6.45, 7) is 2.48. The van der Waals surface area contributed by atoms with Gasteiger partial charge >= 0.3 is 5.97 Å². The zero-order valence-electron chi connectivity index (χ0n) is 21.3. The number of pyridine rings is 1. The summed E-state index contributed by atoms with van der Waals surface area (Å²) in [7, 11) is -4.35. The van der Waals surface area contributed by atoms with Gasteiger partial charge < -0.3 is 19.1 Å². The maximum Gasteiger partial charge on any atom is 0.336 e. The number of halogens is 1. The molecule has 0 bridgehead atoms. The van der Waals surface area contributed by atoms with Gasteiger partial charge in [0.25, 0.3) is 10.1 Å². The maximum atomic E-state index is 13.6. The molecule has 2 aliphatic rings. The molecule has 1 fully saturated rings. The number of allylic oxidation sites excluding steroid dienone is 1. The number of nitrogens with zero attached hydrogens (tertiary/aromatic N) is 2. The maximum absolute atomic E-state index is 13.6. The fourth-order valence-corrected chi connectivity index (χ4v) is 5.33. The second kappa shape index (κ2) is 12.4. The second-order valence-electron chi connectivity index (χ2n) is 9.40. The highest BCUT2D eigenvalue weighted by atomic mass is 35.5. The standard InChI is InChI=1S/C26H30ClN3O8S/c1-16-25(26(32)37-14-18-5-2-3-7-21(18)38-23(28)15-39(33,34)35)20(17-8-9-22(27)29-12-17)11-24(31)30(16)13-19-6-4-10-36-19/h2-3,5,7-9,12,19-20,23H,4,6,10-11,13-15,28H2,1H3,(H,33,34,35)/t19-,20-,23?/m0/s1. The Morgan fingerprint density at radius 2 is 2.08 bits per heavy atom. The molecule has 4 rings (SSSR count). The largest absolute Gasteiger partial charge is 0.474 e. The minimum Gasteiger partial charge on any atom is -0.474 e. The van der Waals surface area contributed by atoms with Crippen LogP contribution in [-0.2, 0) is 35.8 Å². The number of amides is 1. The molecule has 2 aromatic rings. The number of aromatic nitrogens is 1. The summed E-state index contributed by atoms with van der Waals surface area (Å²) < 4.78 is 48.2. The van der Waals surface area contributed by atoms with Crippen molar-refractivity contribution in [3.05, 3.63) is 70.1 Å². The number of rotatable bonds is 10. The van der Waals surface area contributed by atoms with Crippen LogP contribution in [0.1, 0.15) is 43.2 Å². The Bertz CT molecular complexity index is 1340. The Morgan fingerprint density at radius 1 is 1.31 bits per heavy atom. The summed E-state index contributed by atoms with van der Waals surface area (Å²) in [5.41, 5.74) is 7.58. The van der Waals surface area contributed by atoms with E-state index in [1.807, 2.05) is 0 Å². The second-order valence-corrected chi connectivity index (χ2v) is 11.3. The first-order chi connectivity index (χ1) is 18.5. The van der Waals surface area contributed by atoms with Crippen LogP contribution in [0.25, 0.3) is 0 Å². The van der Waals surface area contributed by atoms with Crippen molar-refractivity contribution in [3.8, 4) is 5.75 Å². The molecular formula is C26H30ClN3O8S. The van der Waals surface area contributed by atoms with Crippen LogP contribution in [0, 0.1) is 0 Å². The first-order valence-corrected chi connectivity index (χ1v) is 14.4. The van der Waals surface area contributed by atoms with Gasteiger partial charge in [-0.1, -0.05) is 35.9 Å². The number of nitrogens with two attached hydrogens (primary N) is 1. The quantitative estimate of drug-likeness (QED) is 0.185. The molecule has 210 valence electrons. The van der Waals surface area contributed by atoms with Gasteiger partial charge in [0.05, 0.1) is 18.2 Å². The number of carbonyl (C=O) groups is 2. The van der Waals surface area contributed by atoms with Gasteiger partial charge in [-0.15, -0.1) is 0 Å². The highest BCUT2D eigenvalue weighted by Crippen LogP contribution is 2.38. The van der Waals surface area contributed by atoms with Gasteiger partial charge in [-0.3, -0.25) is 15.1 Å². The third-order valence-electron chi connectivity index (χ3n) is 6.59. The van der Waals surface area contributed by atoms with E-state index >= 15 is 0 Å². The Kier molecular flexibility index (Phi) is 9.23. The molecule has 1 saturated heterocycles. The van der Waals surface area contributed by atoms with Gasteiger partial charge in [0.2, 0.25) is 5.91 Å². The average molecular weight is 580 g/mol. The van der Waals surface area contributed by atoms with Crippen LogP contribution >= 0.6 is 11.6 Å². The topological polar surface area (TPSA) is 158 Å². The summed E-state index contributed by atoms with van der Waals surface area (Å²) in [5.74, 6) is -1.96. The van der Waals surface area contributed by atoms with E-state index < -0.39 is 34.0 Å². The molecule has 1 amide bonds. The molecule has 1 unspecified atom stereocenters. The van der Waals surface area contributed by atoms with Gasteiger partial charge in [-0.25, -0.2) is 9.78 Å². The molecule has 0 aliphatic carbocycles. The zero-order chi connectivity index (χ0) is 28.2. The van der Waals surface area contributed by atoms with E-state index in [-0.39, 0.29) is 35.9 Å². The first kappa shape index (κ1) is 29.0. The van der Waals surface area contributed by atoms with Crippen molar-refractivity contribution in [1.29, 1.82) is 0 Å². The van der Waals surface area contributed by atoms with E-state index in [9.17, 15) is 18.0 Å². The molecular weight excluding hydrogens is 550 g/mol. The molecule has 3 heterocycles. The van der Waals surface area contributed by atoms with Crippen molar-refractivity contribution in [1.82, 2.24) is 9.88 Å². The van der Waals surface area contributed by atoms with Gasteiger partial charge in [-0.2, -0.15) is 8.42 Å². The Morgan fingerprint density at radius 3 is 2.74 bits per heavy atom. The van der Waals surface area contributed by atoms with Crippen LogP contribution in [0.3, 0.4) is 0 Å². The lowest BCUT2D eigenvalue weighted by atomic mass is 9.84. The van der Waals surface area contributed by atoms with E-state index in [2.05, 4.69) is 4.98 Å². The fraction of sp³-hybridized carbons (Fsp3) is 0.423. The number of hydrogen-bond acceptors (Lipinski definition) is 9. The minimum absolute atomic E-state index is 0.0436. The smallest absolute Gasteiger partial charge is 0.336 e. The van der Waals surface area contributed by atoms with Gasteiger partial charge in [0.1, 0.15) is 23.3 Å². The molecule has 0 radical (unpaired) electrons. The van der Waals surface area contributed by atoms with Crippen LogP contribution in [0.4, 0.5) is 0 Å². The summed E-state index contributed by atoms with van der Waals surface area (Å²) in [5, 5.41) is 0.287. The SMILES string of the molecule is CC1=C(C(=O)OCc2ccccc2OC(N)CS(=O)(=O)O)[C@H](c2ccc(Cl)nc2)CC(=O)N1C[C@@H]1CCCO1. The highest BCUT2D eigenvalue weighted by molar-refractivity contribution is 7.85. The highest BCUT2D eigenvalue weighted by Gasteiger charge is 2.38. The third-order valence-corrected chi connectivity index (χ3v) is 7.56. The molecule has 39 heavy (non-hydrogen) atoms. The van der Waals surface area contributed by atoms with Crippen LogP contribution in [0.15, 0.2) is 53.9 Å². The monoisotopic (exact) mass is 579 g/mol. The molecule has 0 saturated carbocycles. The number of para-hydroxylation sites is 1. The molecule has 13 heteroatoms.